The Balaban J connectivity index is 2.01. The highest BCUT2D eigenvalue weighted by Crippen LogP contribution is 2.21. The topological polar surface area (TPSA) is 103 Å². The van der Waals surface area contributed by atoms with Crippen molar-refractivity contribution in [3.8, 4) is 11.4 Å². The number of fused-ring (bicyclic) bond motifs is 1. The summed E-state index contributed by atoms with van der Waals surface area (Å²) in [5.41, 5.74) is 2.54. The second kappa shape index (κ2) is 6.23. The van der Waals surface area contributed by atoms with Crippen LogP contribution in [0.25, 0.3) is 22.4 Å². The van der Waals surface area contributed by atoms with Crippen LogP contribution in [0.3, 0.4) is 0 Å². The average Bonchev–Trinajstić information content (AvgIpc) is 3.03. The number of amides is 1. The normalized spacial score (nSPS) is 11.0. The third-order valence-electron chi connectivity index (χ3n) is 3.64. The molecule has 24 heavy (non-hydrogen) atoms. The van der Waals surface area contributed by atoms with Crippen LogP contribution in [-0.4, -0.2) is 25.6 Å². The molecule has 0 aliphatic heterocycles. The SMILES string of the molecule is CCn1c(=O)c(C)nc2cc(-c3noc(CNC(C)=O)n3)ccc21. The van der Waals surface area contributed by atoms with Crippen molar-refractivity contribution in [3.63, 3.8) is 0 Å². The fourth-order valence-corrected chi connectivity index (χ4v) is 2.47. The van der Waals surface area contributed by atoms with Crippen LogP contribution < -0.4 is 10.9 Å². The molecule has 3 aromatic rings. The number of carbonyl (C=O) groups excluding carboxylic acids is 1. The first-order valence-electron chi connectivity index (χ1n) is 7.58. The van der Waals surface area contributed by atoms with E-state index in [-0.39, 0.29) is 18.0 Å². The maximum Gasteiger partial charge on any atom is 0.272 e. The van der Waals surface area contributed by atoms with E-state index in [1.165, 1.54) is 6.92 Å². The minimum Gasteiger partial charge on any atom is -0.347 e. The summed E-state index contributed by atoms with van der Waals surface area (Å²) in [5, 5.41) is 6.52. The van der Waals surface area contributed by atoms with Crippen LogP contribution in [0.1, 0.15) is 25.4 Å². The van der Waals surface area contributed by atoms with Crippen molar-refractivity contribution in [1.29, 1.82) is 0 Å². The standard InChI is InChI=1S/C16H17N5O3/c1-4-21-13-6-5-11(7-12(13)18-9(2)16(21)23)15-19-14(24-20-15)8-17-10(3)22/h5-7H,4,8H2,1-3H3,(H,17,22). The molecule has 0 radical (unpaired) electrons. The zero-order valence-electron chi connectivity index (χ0n) is 13.7. The fourth-order valence-electron chi connectivity index (χ4n) is 2.47. The maximum absolute atomic E-state index is 12.1. The van der Waals surface area contributed by atoms with E-state index in [1.807, 2.05) is 25.1 Å². The van der Waals surface area contributed by atoms with E-state index >= 15 is 0 Å². The van der Waals surface area contributed by atoms with Crippen LogP contribution in [-0.2, 0) is 17.9 Å². The lowest BCUT2D eigenvalue weighted by Crippen LogP contribution is -2.23. The molecule has 1 aromatic carbocycles. The van der Waals surface area contributed by atoms with Gasteiger partial charge in [-0.05, 0) is 32.0 Å². The third-order valence-corrected chi connectivity index (χ3v) is 3.64. The molecule has 8 nitrogen and oxygen atoms in total. The Morgan fingerprint density at radius 1 is 1.33 bits per heavy atom. The van der Waals surface area contributed by atoms with Gasteiger partial charge in [-0.1, -0.05) is 5.16 Å². The number of aryl methyl sites for hydroxylation is 2. The molecule has 0 saturated heterocycles. The van der Waals surface area contributed by atoms with Gasteiger partial charge in [0.15, 0.2) is 0 Å². The van der Waals surface area contributed by atoms with E-state index < -0.39 is 0 Å². The Kier molecular flexibility index (Phi) is 4.11. The molecule has 2 aromatic heterocycles. The molecular formula is C16H17N5O3. The number of aromatic nitrogens is 4. The maximum atomic E-state index is 12.1. The van der Waals surface area contributed by atoms with Gasteiger partial charge in [-0.25, -0.2) is 4.98 Å². The van der Waals surface area contributed by atoms with E-state index in [0.29, 0.717) is 29.5 Å². The molecule has 1 amide bonds. The van der Waals surface area contributed by atoms with Crippen LogP contribution in [0, 0.1) is 6.92 Å². The van der Waals surface area contributed by atoms with Crippen molar-refractivity contribution in [2.75, 3.05) is 0 Å². The van der Waals surface area contributed by atoms with Crippen LogP contribution >= 0.6 is 0 Å². The highest BCUT2D eigenvalue weighted by molar-refractivity contribution is 5.80. The molecule has 0 fully saturated rings. The number of nitrogens with one attached hydrogen (secondary N) is 1. The summed E-state index contributed by atoms with van der Waals surface area (Å²) in [7, 11) is 0. The lowest BCUT2D eigenvalue weighted by Gasteiger charge is -2.09. The van der Waals surface area contributed by atoms with Crippen LogP contribution in [0.4, 0.5) is 0 Å². The van der Waals surface area contributed by atoms with Gasteiger partial charge in [0.2, 0.25) is 17.6 Å². The summed E-state index contributed by atoms with van der Waals surface area (Å²) in [4.78, 5) is 31.7. The molecule has 2 heterocycles. The molecule has 0 saturated carbocycles. The number of hydrogen-bond acceptors (Lipinski definition) is 6. The molecule has 0 aliphatic rings. The van der Waals surface area contributed by atoms with E-state index in [2.05, 4.69) is 20.4 Å². The number of carbonyl (C=O) groups is 1. The average molecular weight is 327 g/mol. The first kappa shape index (κ1) is 15.9. The van der Waals surface area contributed by atoms with Crippen molar-refractivity contribution >= 4 is 16.9 Å². The molecule has 0 spiro atoms. The minimum atomic E-state index is -0.169. The summed E-state index contributed by atoms with van der Waals surface area (Å²) >= 11 is 0. The Morgan fingerprint density at radius 2 is 2.12 bits per heavy atom. The van der Waals surface area contributed by atoms with Gasteiger partial charge in [-0.3, -0.25) is 9.59 Å². The zero-order chi connectivity index (χ0) is 17.3. The zero-order valence-corrected chi connectivity index (χ0v) is 13.7. The van der Waals surface area contributed by atoms with Gasteiger partial charge in [-0.15, -0.1) is 0 Å². The Hall–Kier alpha value is -3.03. The highest BCUT2D eigenvalue weighted by atomic mass is 16.5. The Labute approximate surface area is 137 Å². The molecule has 0 aliphatic carbocycles. The van der Waals surface area contributed by atoms with Crippen LogP contribution in [0.15, 0.2) is 27.5 Å². The second-order valence-electron chi connectivity index (χ2n) is 5.37. The van der Waals surface area contributed by atoms with Crippen LogP contribution in [0.2, 0.25) is 0 Å². The van der Waals surface area contributed by atoms with Gasteiger partial charge in [0.25, 0.3) is 5.56 Å². The summed E-state index contributed by atoms with van der Waals surface area (Å²) in [6, 6.07) is 5.46. The predicted octanol–water partition coefficient (Wildman–Crippen LogP) is 1.41. The summed E-state index contributed by atoms with van der Waals surface area (Å²) in [5.74, 6) is 0.562. The fraction of sp³-hybridized carbons (Fsp3) is 0.312. The molecular weight excluding hydrogens is 310 g/mol. The lowest BCUT2D eigenvalue weighted by molar-refractivity contribution is -0.119. The predicted molar refractivity (Wildman–Crippen MR) is 87.2 cm³/mol. The minimum absolute atomic E-state index is 0.0881. The number of hydrogen-bond donors (Lipinski definition) is 1. The molecule has 0 atom stereocenters. The second-order valence-corrected chi connectivity index (χ2v) is 5.37. The van der Waals surface area contributed by atoms with Crippen molar-refractivity contribution in [1.82, 2.24) is 25.0 Å². The van der Waals surface area contributed by atoms with Crippen molar-refractivity contribution in [2.24, 2.45) is 0 Å². The largest absolute Gasteiger partial charge is 0.347 e. The molecule has 0 unspecified atom stereocenters. The lowest BCUT2D eigenvalue weighted by atomic mass is 10.1. The summed E-state index contributed by atoms with van der Waals surface area (Å²) < 4.78 is 6.80. The molecule has 1 N–H and O–H groups in total. The van der Waals surface area contributed by atoms with E-state index in [4.69, 9.17) is 4.52 Å². The smallest absolute Gasteiger partial charge is 0.272 e. The van der Waals surface area contributed by atoms with E-state index in [1.54, 1.807) is 11.5 Å². The number of nitrogens with zero attached hydrogens (tertiary/aromatic N) is 4. The highest BCUT2D eigenvalue weighted by Gasteiger charge is 2.12. The first-order chi connectivity index (χ1) is 11.5. The molecule has 8 heteroatoms. The quantitative estimate of drug-likeness (QED) is 0.777. The monoisotopic (exact) mass is 327 g/mol. The van der Waals surface area contributed by atoms with Gasteiger partial charge >= 0.3 is 0 Å². The molecule has 3 rings (SSSR count). The van der Waals surface area contributed by atoms with Gasteiger partial charge in [0, 0.05) is 19.0 Å². The Morgan fingerprint density at radius 3 is 2.83 bits per heavy atom. The Bertz CT molecular complexity index is 973. The summed E-state index contributed by atoms with van der Waals surface area (Å²) in [6.45, 7) is 5.79. The molecule has 124 valence electrons. The number of benzene rings is 1. The van der Waals surface area contributed by atoms with Crippen molar-refractivity contribution in [2.45, 2.75) is 33.9 Å². The van der Waals surface area contributed by atoms with Gasteiger partial charge in [-0.2, -0.15) is 4.98 Å². The van der Waals surface area contributed by atoms with Crippen molar-refractivity contribution < 1.29 is 9.32 Å². The molecule has 0 bridgehead atoms. The van der Waals surface area contributed by atoms with Crippen LogP contribution in [0.5, 0.6) is 0 Å². The van der Waals surface area contributed by atoms with Gasteiger partial charge in [0.05, 0.1) is 17.6 Å². The van der Waals surface area contributed by atoms with Gasteiger partial charge in [0.1, 0.15) is 5.69 Å². The third kappa shape index (κ3) is 2.90. The summed E-state index contributed by atoms with van der Waals surface area (Å²) in [6.07, 6.45) is 0. The van der Waals surface area contributed by atoms with Gasteiger partial charge < -0.3 is 14.4 Å². The number of rotatable bonds is 4. The van der Waals surface area contributed by atoms with E-state index in [9.17, 15) is 9.59 Å². The van der Waals surface area contributed by atoms with Crippen molar-refractivity contribution in [3.05, 3.63) is 40.1 Å². The van der Waals surface area contributed by atoms with E-state index in [0.717, 1.165) is 11.1 Å². The first-order valence-corrected chi connectivity index (χ1v) is 7.58.